The van der Waals surface area contributed by atoms with Crippen LogP contribution < -0.4 is 4.90 Å². The number of rotatable bonds is 6. The molecule has 0 amide bonds. The molecule has 2 heterocycles. The van der Waals surface area contributed by atoms with E-state index in [0.29, 0.717) is 28.0 Å². The summed E-state index contributed by atoms with van der Waals surface area (Å²) in [5.74, 6) is -0.908. The highest BCUT2D eigenvalue weighted by atomic mass is 19.3. The molecule has 0 saturated carbocycles. The van der Waals surface area contributed by atoms with Crippen LogP contribution in [0.25, 0.3) is 27.8 Å². The third-order valence-electron chi connectivity index (χ3n) is 6.16. The third-order valence-corrected chi connectivity index (χ3v) is 6.16. The summed E-state index contributed by atoms with van der Waals surface area (Å²) in [6.45, 7) is 4.11. The molecule has 0 aliphatic rings. The van der Waals surface area contributed by atoms with Crippen molar-refractivity contribution in [3.8, 4) is 11.1 Å². The highest BCUT2D eigenvalue weighted by Crippen LogP contribution is 2.36. The highest BCUT2D eigenvalue weighted by Gasteiger charge is 2.24. The van der Waals surface area contributed by atoms with Crippen molar-refractivity contribution in [1.82, 2.24) is 19.6 Å². The van der Waals surface area contributed by atoms with Gasteiger partial charge in [0.05, 0.1) is 23.0 Å². The maximum atomic E-state index is 15.2. The topological polar surface area (TPSA) is 66.5 Å². The zero-order valence-electron chi connectivity index (χ0n) is 20.3. The number of fused-ring (bicyclic) bond motifs is 3. The molecular weight excluding hydrogens is 486 g/mol. The van der Waals surface area contributed by atoms with Gasteiger partial charge in [-0.15, -0.1) is 10.2 Å². The molecule has 5 rings (SSSR count). The molecular formula is C27H23F4N5O. The van der Waals surface area contributed by atoms with Gasteiger partial charge in [-0.05, 0) is 67.8 Å². The Bertz CT molecular complexity index is 1610. The van der Waals surface area contributed by atoms with E-state index in [2.05, 4.69) is 15.2 Å². The Morgan fingerprint density at radius 3 is 2.38 bits per heavy atom. The summed E-state index contributed by atoms with van der Waals surface area (Å²) in [5, 5.41) is 18.2. The summed E-state index contributed by atoms with van der Waals surface area (Å²) >= 11 is 0. The average molecular weight is 510 g/mol. The van der Waals surface area contributed by atoms with Gasteiger partial charge in [0, 0.05) is 5.69 Å². The fraction of sp³-hybridized carbons (Fsp3) is 0.222. The van der Waals surface area contributed by atoms with E-state index in [1.54, 1.807) is 51.1 Å². The van der Waals surface area contributed by atoms with E-state index >= 15 is 4.39 Å². The first-order chi connectivity index (χ1) is 17.5. The van der Waals surface area contributed by atoms with Crippen molar-refractivity contribution in [1.29, 1.82) is 0 Å². The van der Waals surface area contributed by atoms with Crippen molar-refractivity contribution in [2.45, 2.75) is 32.8 Å². The largest absolute Gasteiger partial charge is 0.386 e. The Hall–Kier alpha value is -4.05. The van der Waals surface area contributed by atoms with Crippen molar-refractivity contribution in [3.63, 3.8) is 0 Å². The summed E-state index contributed by atoms with van der Waals surface area (Å²) in [7, 11) is 0. The van der Waals surface area contributed by atoms with Crippen LogP contribution in [0.4, 0.5) is 29.1 Å². The maximum absolute atomic E-state index is 15.2. The van der Waals surface area contributed by atoms with Gasteiger partial charge < -0.3 is 10.0 Å². The number of nitrogens with zero attached hydrogens (tertiary/aromatic N) is 5. The minimum atomic E-state index is -2.84. The Labute approximate surface area is 209 Å². The van der Waals surface area contributed by atoms with Gasteiger partial charge in [-0.25, -0.2) is 17.6 Å². The van der Waals surface area contributed by atoms with Crippen LogP contribution in [0.1, 0.15) is 25.2 Å². The van der Waals surface area contributed by atoms with E-state index in [4.69, 9.17) is 0 Å². The lowest BCUT2D eigenvalue weighted by Gasteiger charge is -2.26. The molecule has 0 radical (unpaired) electrons. The van der Waals surface area contributed by atoms with Crippen molar-refractivity contribution in [3.05, 3.63) is 83.7 Å². The first-order valence-electron chi connectivity index (χ1n) is 11.5. The van der Waals surface area contributed by atoms with Crippen LogP contribution in [-0.2, 0) is 5.60 Å². The van der Waals surface area contributed by atoms with Crippen LogP contribution >= 0.6 is 0 Å². The zero-order valence-corrected chi connectivity index (χ0v) is 20.3. The van der Waals surface area contributed by atoms with Crippen molar-refractivity contribution < 1.29 is 22.7 Å². The van der Waals surface area contributed by atoms with Gasteiger partial charge in [-0.2, -0.15) is 4.98 Å². The van der Waals surface area contributed by atoms with Gasteiger partial charge in [0.1, 0.15) is 23.3 Å². The van der Waals surface area contributed by atoms with E-state index in [1.165, 1.54) is 28.7 Å². The molecule has 0 aliphatic heterocycles. The molecule has 10 heteroatoms. The SMILES string of the molecule is Cc1nnc2nc(N(CC(F)F)c3cc(F)cc(-c4ccc(C(C)(C)O)cc4)c3)c3c(F)cccc3n12. The van der Waals surface area contributed by atoms with E-state index in [1.807, 2.05) is 0 Å². The van der Waals surface area contributed by atoms with E-state index in [9.17, 15) is 18.3 Å². The van der Waals surface area contributed by atoms with Gasteiger partial charge in [-0.1, -0.05) is 30.3 Å². The van der Waals surface area contributed by atoms with Crippen LogP contribution in [0.15, 0.2) is 60.7 Å². The van der Waals surface area contributed by atoms with Crippen molar-refractivity contribution in [2.24, 2.45) is 0 Å². The zero-order chi connectivity index (χ0) is 26.5. The normalized spacial score (nSPS) is 12.1. The van der Waals surface area contributed by atoms with Crippen LogP contribution in [0.3, 0.4) is 0 Å². The molecule has 0 saturated heterocycles. The van der Waals surface area contributed by atoms with Gasteiger partial charge in [0.2, 0.25) is 0 Å². The summed E-state index contributed by atoms with van der Waals surface area (Å²) in [6.07, 6.45) is -2.84. The smallest absolute Gasteiger partial charge is 0.257 e. The quantitative estimate of drug-likeness (QED) is 0.278. The minimum Gasteiger partial charge on any atom is -0.386 e. The molecule has 0 fully saturated rings. The summed E-state index contributed by atoms with van der Waals surface area (Å²) in [6, 6.07) is 15.1. The van der Waals surface area contributed by atoms with Crippen LogP contribution in [-0.4, -0.2) is 37.7 Å². The number of aromatic nitrogens is 4. The van der Waals surface area contributed by atoms with E-state index < -0.39 is 30.2 Å². The van der Waals surface area contributed by atoms with Crippen LogP contribution in [0.5, 0.6) is 0 Å². The second kappa shape index (κ2) is 9.11. The number of anilines is 2. The summed E-state index contributed by atoms with van der Waals surface area (Å²) in [5.41, 5.74) is 1.05. The van der Waals surface area contributed by atoms with Crippen LogP contribution in [0.2, 0.25) is 0 Å². The lowest BCUT2D eigenvalue weighted by atomic mass is 9.95. The monoisotopic (exact) mass is 509 g/mol. The predicted octanol–water partition coefficient (Wildman–Crippen LogP) is 6.16. The molecule has 1 N–H and O–H groups in total. The molecule has 3 aromatic carbocycles. The lowest BCUT2D eigenvalue weighted by Crippen LogP contribution is -2.26. The Kier molecular flexibility index (Phi) is 6.07. The fourth-order valence-corrected chi connectivity index (χ4v) is 4.39. The minimum absolute atomic E-state index is 0.0149. The molecule has 6 nitrogen and oxygen atoms in total. The Balaban J connectivity index is 1.71. The standard InChI is InChI=1S/C27H23F4N5O/c1-15-33-34-26-32-25(24-21(29)5-4-6-22(24)36(15)26)35(14-23(30)31)20-12-17(11-19(28)13-20)16-7-9-18(10-8-16)27(2,3)37/h4-13,23,37H,14H2,1-3H3. The number of alkyl halides is 2. The van der Waals surface area contributed by atoms with Gasteiger partial charge >= 0.3 is 0 Å². The molecule has 5 aromatic rings. The molecule has 0 unspecified atom stereocenters. The maximum Gasteiger partial charge on any atom is 0.257 e. The molecule has 37 heavy (non-hydrogen) atoms. The predicted molar refractivity (Wildman–Crippen MR) is 133 cm³/mol. The molecule has 190 valence electrons. The number of benzene rings is 3. The van der Waals surface area contributed by atoms with Crippen molar-refractivity contribution in [2.75, 3.05) is 11.4 Å². The first kappa shape index (κ1) is 24.6. The molecule has 0 aliphatic carbocycles. The fourth-order valence-electron chi connectivity index (χ4n) is 4.39. The van der Waals surface area contributed by atoms with E-state index in [-0.39, 0.29) is 22.7 Å². The molecule has 2 aromatic heterocycles. The van der Waals surface area contributed by atoms with Crippen LogP contribution in [0, 0.1) is 18.6 Å². The number of hydrogen-bond donors (Lipinski definition) is 1. The van der Waals surface area contributed by atoms with Gasteiger partial charge in [0.15, 0.2) is 0 Å². The first-order valence-corrected chi connectivity index (χ1v) is 11.5. The highest BCUT2D eigenvalue weighted by molar-refractivity contribution is 5.94. The molecule has 0 bridgehead atoms. The lowest BCUT2D eigenvalue weighted by molar-refractivity contribution is 0.0786. The number of aryl methyl sites for hydroxylation is 1. The number of halogens is 4. The second-order valence-electron chi connectivity index (χ2n) is 9.29. The van der Waals surface area contributed by atoms with E-state index in [0.717, 1.165) is 11.0 Å². The second-order valence-corrected chi connectivity index (χ2v) is 9.29. The van der Waals surface area contributed by atoms with Crippen molar-refractivity contribution >= 4 is 28.2 Å². The Morgan fingerprint density at radius 1 is 0.973 bits per heavy atom. The summed E-state index contributed by atoms with van der Waals surface area (Å²) < 4.78 is 59.3. The average Bonchev–Trinajstić information content (AvgIpc) is 3.22. The number of hydrogen-bond acceptors (Lipinski definition) is 5. The number of aliphatic hydroxyl groups is 1. The molecule has 0 atom stereocenters. The Morgan fingerprint density at radius 2 is 1.70 bits per heavy atom. The molecule has 0 spiro atoms. The third kappa shape index (κ3) is 4.60. The van der Waals surface area contributed by atoms with Gasteiger partial charge in [0.25, 0.3) is 12.2 Å². The van der Waals surface area contributed by atoms with Gasteiger partial charge in [-0.3, -0.25) is 4.40 Å². The summed E-state index contributed by atoms with van der Waals surface area (Å²) in [4.78, 5) is 5.47.